The molecule has 0 aromatic carbocycles. The van der Waals surface area contributed by atoms with Crippen LogP contribution in [0.15, 0.2) is 0 Å². The molecule has 0 unspecified atom stereocenters. The molecule has 0 amide bonds. The molecule has 0 spiro atoms. The Bertz CT molecular complexity index is 43.3. The van der Waals surface area contributed by atoms with Crippen molar-refractivity contribution in [3.63, 3.8) is 0 Å². The maximum absolute atomic E-state index is 8.69. The Morgan fingerprint density at radius 3 is 1.86 bits per heavy atom. The first kappa shape index (κ1) is 6.92. The van der Waals surface area contributed by atoms with Gasteiger partial charge in [0.1, 0.15) is 0 Å². The van der Waals surface area contributed by atoms with Crippen molar-refractivity contribution < 1.29 is 10.2 Å². The molecule has 2 nitrogen and oxygen atoms in total. The van der Waals surface area contributed by atoms with Crippen LogP contribution in [0.4, 0.5) is 0 Å². The largest absolute Gasteiger partial charge is 0.391 e. The van der Waals surface area contributed by atoms with Crippen LogP contribution in [0.5, 0.6) is 0 Å². The van der Waals surface area contributed by atoms with E-state index in [1.165, 1.54) is 0 Å². The fourth-order valence-corrected chi connectivity index (χ4v) is 0.341. The van der Waals surface area contributed by atoms with Gasteiger partial charge in [-0.05, 0) is 13.3 Å². The van der Waals surface area contributed by atoms with Gasteiger partial charge in [0.2, 0.25) is 0 Å². The zero-order chi connectivity index (χ0) is 5.86. The van der Waals surface area contributed by atoms with Crippen molar-refractivity contribution in [3.05, 3.63) is 0 Å². The average Bonchev–Trinajstić information content (AvgIpc) is 1.65. The van der Waals surface area contributed by atoms with Crippen molar-refractivity contribution in [2.75, 3.05) is 0 Å². The van der Waals surface area contributed by atoms with Crippen LogP contribution in [0.2, 0.25) is 0 Å². The number of hydrogen-bond acceptors (Lipinski definition) is 2. The molecule has 0 saturated heterocycles. The summed E-state index contributed by atoms with van der Waals surface area (Å²) in [5.74, 6) is 0. The van der Waals surface area contributed by atoms with E-state index in [-0.39, 0.29) is 0 Å². The summed E-state index contributed by atoms with van der Waals surface area (Å²) in [7, 11) is 0. The van der Waals surface area contributed by atoms with Gasteiger partial charge in [0.15, 0.2) is 0 Å². The highest BCUT2D eigenvalue weighted by molar-refractivity contribution is 4.56. The zero-order valence-electron chi connectivity index (χ0n) is 4.76. The van der Waals surface area contributed by atoms with E-state index in [1.54, 1.807) is 6.92 Å². The van der Waals surface area contributed by atoms with Crippen molar-refractivity contribution in [1.82, 2.24) is 0 Å². The summed E-state index contributed by atoms with van der Waals surface area (Å²) in [4.78, 5) is 0. The molecule has 0 radical (unpaired) electrons. The predicted molar refractivity (Wildman–Crippen MR) is 28.0 cm³/mol. The third kappa shape index (κ3) is 2.60. The van der Waals surface area contributed by atoms with Crippen molar-refractivity contribution in [3.8, 4) is 0 Å². The van der Waals surface area contributed by atoms with Crippen LogP contribution in [0.1, 0.15) is 20.3 Å². The van der Waals surface area contributed by atoms with Gasteiger partial charge in [-0.15, -0.1) is 0 Å². The van der Waals surface area contributed by atoms with Crippen molar-refractivity contribution in [2.24, 2.45) is 0 Å². The topological polar surface area (TPSA) is 40.5 Å². The van der Waals surface area contributed by atoms with Gasteiger partial charge in [0.25, 0.3) is 0 Å². The third-order valence-electron chi connectivity index (χ3n) is 0.975. The Kier molecular flexibility index (Phi) is 2.96. The highest BCUT2D eigenvalue weighted by Crippen LogP contribution is 1.94. The fourth-order valence-electron chi connectivity index (χ4n) is 0.341. The molecule has 0 aromatic rings. The first-order chi connectivity index (χ1) is 3.18. The molecule has 2 N–H and O–H groups in total. The third-order valence-corrected chi connectivity index (χ3v) is 0.975. The zero-order valence-corrected chi connectivity index (χ0v) is 4.76. The second kappa shape index (κ2) is 2.99. The van der Waals surface area contributed by atoms with Gasteiger partial charge < -0.3 is 10.2 Å². The second-order valence-electron chi connectivity index (χ2n) is 1.72. The van der Waals surface area contributed by atoms with E-state index in [0.29, 0.717) is 6.42 Å². The summed E-state index contributed by atoms with van der Waals surface area (Å²) in [5, 5.41) is 17.3. The molecular formula is C5H12O2. The first-order valence-corrected chi connectivity index (χ1v) is 2.54. The van der Waals surface area contributed by atoms with Gasteiger partial charge in [-0.25, -0.2) is 0 Å². The van der Waals surface area contributed by atoms with Gasteiger partial charge in [-0.1, -0.05) is 6.92 Å². The molecule has 0 fully saturated rings. The Morgan fingerprint density at radius 2 is 1.86 bits per heavy atom. The Hall–Kier alpha value is -0.0800. The lowest BCUT2D eigenvalue weighted by atomic mass is 10.2. The second-order valence-corrected chi connectivity index (χ2v) is 1.72. The van der Waals surface area contributed by atoms with Gasteiger partial charge in [-0.2, -0.15) is 0 Å². The van der Waals surface area contributed by atoms with Crippen molar-refractivity contribution >= 4 is 0 Å². The van der Waals surface area contributed by atoms with Crippen LogP contribution in [0, 0.1) is 0 Å². The number of rotatable bonds is 2. The van der Waals surface area contributed by atoms with E-state index in [1.807, 2.05) is 6.92 Å². The Balaban J connectivity index is 3.14. The lowest BCUT2D eigenvalue weighted by Gasteiger charge is -2.08. The molecule has 2 atom stereocenters. The van der Waals surface area contributed by atoms with E-state index in [0.717, 1.165) is 0 Å². The van der Waals surface area contributed by atoms with Crippen molar-refractivity contribution in [1.29, 1.82) is 0 Å². The summed E-state index contributed by atoms with van der Waals surface area (Å²) in [6, 6.07) is 0. The molecule has 0 saturated carbocycles. The van der Waals surface area contributed by atoms with E-state index < -0.39 is 12.2 Å². The van der Waals surface area contributed by atoms with Crippen LogP contribution in [0.25, 0.3) is 0 Å². The Morgan fingerprint density at radius 1 is 1.43 bits per heavy atom. The molecule has 0 rings (SSSR count). The maximum Gasteiger partial charge on any atom is 0.0793 e. The SMILES string of the molecule is CC[C@@H](O)[C@@H](C)O. The maximum atomic E-state index is 8.69. The van der Waals surface area contributed by atoms with Gasteiger partial charge in [-0.3, -0.25) is 0 Å². The smallest absolute Gasteiger partial charge is 0.0793 e. The Labute approximate surface area is 43.8 Å². The number of hydrogen-bond donors (Lipinski definition) is 2. The van der Waals surface area contributed by atoms with Crippen LogP contribution >= 0.6 is 0 Å². The minimum absolute atomic E-state index is 0.542. The number of aliphatic hydroxyl groups is 2. The van der Waals surface area contributed by atoms with Gasteiger partial charge >= 0.3 is 0 Å². The van der Waals surface area contributed by atoms with Crippen LogP contribution in [0.3, 0.4) is 0 Å². The predicted octanol–water partition coefficient (Wildman–Crippen LogP) is 0.138. The van der Waals surface area contributed by atoms with E-state index >= 15 is 0 Å². The molecule has 0 bridgehead atoms. The number of aliphatic hydroxyl groups excluding tert-OH is 2. The van der Waals surface area contributed by atoms with Crippen LogP contribution in [-0.2, 0) is 0 Å². The van der Waals surface area contributed by atoms with E-state index in [4.69, 9.17) is 10.2 Å². The van der Waals surface area contributed by atoms with Gasteiger partial charge in [0, 0.05) is 0 Å². The molecule has 0 aliphatic heterocycles. The summed E-state index contributed by atoms with van der Waals surface area (Å²) < 4.78 is 0. The molecule has 0 heterocycles. The monoisotopic (exact) mass is 104 g/mol. The summed E-state index contributed by atoms with van der Waals surface area (Å²) in [5.41, 5.74) is 0. The summed E-state index contributed by atoms with van der Waals surface area (Å²) >= 11 is 0. The van der Waals surface area contributed by atoms with Crippen molar-refractivity contribution in [2.45, 2.75) is 32.5 Å². The van der Waals surface area contributed by atoms with Gasteiger partial charge in [0.05, 0.1) is 12.2 Å². The fraction of sp³-hybridized carbons (Fsp3) is 1.00. The molecule has 0 aliphatic carbocycles. The van der Waals surface area contributed by atoms with E-state index in [2.05, 4.69) is 0 Å². The normalized spacial score (nSPS) is 18.9. The molecule has 7 heavy (non-hydrogen) atoms. The molecule has 44 valence electrons. The summed E-state index contributed by atoms with van der Waals surface area (Å²) in [6.45, 7) is 3.41. The highest BCUT2D eigenvalue weighted by atomic mass is 16.3. The standard InChI is InChI=1S/C5H12O2/c1-3-5(7)4(2)6/h4-7H,3H2,1-2H3/t4-,5-/m1/s1. The lowest BCUT2D eigenvalue weighted by Crippen LogP contribution is -2.20. The van der Waals surface area contributed by atoms with Crippen LogP contribution in [-0.4, -0.2) is 22.4 Å². The highest BCUT2D eigenvalue weighted by Gasteiger charge is 2.05. The van der Waals surface area contributed by atoms with Crippen LogP contribution < -0.4 is 0 Å². The minimum atomic E-state index is -0.579. The molecule has 0 aliphatic rings. The lowest BCUT2D eigenvalue weighted by molar-refractivity contribution is 0.0294. The summed E-state index contributed by atoms with van der Waals surface area (Å²) in [6.07, 6.45) is -0.498. The molecule has 0 aromatic heterocycles. The first-order valence-electron chi connectivity index (χ1n) is 2.54. The minimum Gasteiger partial charge on any atom is -0.391 e. The average molecular weight is 104 g/mol. The molecule has 2 heteroatoms. The van der Waals surface area contributed by atoms with E-state index in [9.17, 15) is 0 Å². The molecular weight excluding hydrogens is 92.1 g/mol. The quantitative estimate of drug-likeness (QED) is 0.523.